The molecule has 1 aromatic rings. The molecule has 0 bridgehead atoms. The number of methoxy groups -OCH3 is 1. The van der Waals surface area contributed by atoms with Crippen molar-refractivity contribution in [3.63, 3.8) is 0 Å². The number of hydrogen-bond acceptors (Lipinski definition) is 3. The maximum atomic E-state index is 5.21. The molecule has 1 unspecified atom stereocenters. The summed E-state index contributed by atoms with van der Waals surface area (Å²) in [6.45, 7) is 6.05. The standard InChI is InChI=1S/C14H23NOS/c1-4-17-11-12(2)15-9-13-7-5-6-8-14(13)10-16-3/h5-8,12,15H,4,9-11H2,1-3H3. The van der Waals surface area contributed by atoms with Crippen LogP contribution < -0.4 is 5.32 Å². The van der Waals surface area contributed by atoms with Gasteiger partial charge in [0.2, 0.25) is 0 Å². The minimum Gasteiger partial charge on any atom is -0.380 e. The quantitative estimate of drug-likeness (QED) is 0.769. The highest BCUT2D eigenvalue weighted by Gasteiger charge is 2.04. The molecule has 0 fully saturated rings. The monoisotopic (exact) mass is 253 g/mol. The van der Waals surface area contributed by atoms with E-state index >= 15 is 0 Å². The molecule has 0 radical (unpaired) electrons. The summed E-state index contributed by atoms with van der Waals surface area (Å²) in [6, 6.07) is 9.00. The molecule has 0 saturated carbocycles. The van der Waals surface area contributed by atoms with Gasteiger partial charge in [-0.2, -0.15) is 11.8 Å². The predicted octanol–water partition coefficient (Wildman–Crippen LogP) is 3.06. The first-order valence-corrected chi connectivity index (χ1v) is 7.30. The van der Waals surface area contributed by atoms with E-state index in [4.69, 9.17) is 4.74 Å². The number of nitrogens with one attached hydrogen (secondary N) is 1. The highest BCUT2D eigenvalue weighted by atomic mass is 32.2. The van der Waals surface area contributed by atoms with Crippen molar-refractivity contribution >= 4 is 11.8 Å². The van der Waals surface area contributed by atoms with E-state index in [1.165, 1.54) is 22.6 Å². The third kappa shape index (κ3) is 5.57. The minimum absolute atomic E-state index is 0.551. The fourth-order valence-electron chi connectivity index (χ4n) is 1.66. The SMILES string of the molecule is CCSCC(C)NCc1ccccc1COC. The molecule has 0 aliphatic carbocycles. The summed E-state index contributed by atoms with van der Waals surface area (Å²) < 4.78 is 5.21. The normalized spacial score (nSPS) is 12.6. The van der Waals surface area contributed by atoms with Gasteiger partial charge in [0.15, 0.2) is 0 Å². The van der Waals surface area contributed by atoms with E-state index in [0.29, 0.717) is 12.6 Å². The average Bonchev–Trinajstić information content (AvgIpc) is 2.35. The molecule has 0 spiro atoms. The van der Waals surface area contributed by atoms with Crippen molar-refractivity contribution in [1.29, 1.82) is 0 Å². The van der Waals surface area contributed by atoms with Crippen LogP contribution in [-0.2, 0) is 17.9 Å². The van der Waals surface area contributed by atoms with E-state index in [1.54, 1.807) is 7.11 Å². The van der Waals surface area contributed by atoms with Gasteiger partial charge in [-0.1, -0.05) is 31.2 Å². The molecule has 0 saturated heterocycles. The zero-order chi connectivity index (χ0) is 12.5. The lowest BCUT2D eigenvalue weighted by atomic mass is 10.1. The third-order valence-corrected chi connectivity index (χ3v) is 3.78. The van der Waals surface area contributed by atoms with Crippen LogP contribution in [-0.4, -0.2) is 24.7 Å². The number of hydrogen-bond donors (Lipinski definition) is 1. The summed E-state index contributed by atoms with van der Waals surface area (Å²) >= 11 is 1.98. The number of ether oxygens (including phenoxy) is 1. The Balaban J connectivity index is 2.44. The lowest BCUT2D eigenvalue weighted by Crippen LogP contribution is -2.28. The Kier molecular flexibility index (Phi) is 7.33. The van der Waals surface area contributed by atoms with Gasteiger partial charge in [-0.3, -0.25) is 0 Å². The summed E-state index contributed by atoms with van der Waals surface area (Å²) in [5.74, 6) is 2.36. The number of rotatable bonds is 8. The van der Waals surface area contributed by atoms with E-state index in [1.807, 2.05) is 11.8 Å². The zero-order valence-electron chi connectivity index (χ0n) is 11.0. The van der Waals surface area contributed by atoms with Crippen LogP contribution in [0.2, 0.25) is 0 Å². The second-order valence-electron chi connectivity index (χ2n) is 4.14. The van der Waals surface area contributed by atoms with E-state index in [2.05, 4.69) is 43.4 Å². The van der Waals surface area contributed by atoms with E-state index in [9.17, 15) is 0 Å². The largest absolute Gasteiger partial charge is 0.380 e. The Morgan fingerprint density at radius 1 is 1.29 bits per heavy atom. The Hall–Kier alpha value is -0.510. The Bertz CT molecular complexity index is 317. The molecule has 0 heterocycles. The summed E-state index contributed by atoms with van der Waals surface area (Å²) in [5.41, 5.74) is 2.61. The van der Waals surface area contributed by atoms with Crippen molar-refractivity contribution < 1.29 is 4.74 Å². The van der Waals surface area contributed by atoms with Gasteiger partial charge in [-0.15, -0.1) is 0 Å². The summed E-state index contributed by atoms with van der Waals surface area (Å²) in [7, 11) is 1.74. The molecule has 1 N–H and O–H groups in total. The van der Waals surface area contributed by atoms with Crippen molar-refractivity contribution in [3.8, 4) is 0 Å². The van der Waals surface area contributed by atoms with Crippen LogP contribution in [0, 0.1) is 0 Å². The topological polar surface area (TPSA) is 21.3 Å². The average molecular weight is 253 g/mol. The molecular formula is C14H23NOS. The molecule has 1 aromatic carbocycles. The van der Waals surface area contributed by atoms with Crippen molar-refractivity contribution in [2.24, 2.45) is 0 Å². The zero-order valence-corrected chi connectivity index (χ0v) is 11.8. The van der Waals surface area contributed by atoms with Gasteiger partial charge >= 0.3 is 0 Å². The van der Waals surface area contributed by atoms with Crippen LogP contribution in [0.5, 0.6) is 0 Å². The van der Waals surface area contributed by atoms with Gasteiger partial charge in [0.25, 0.3) is 0 Å². The van der Waals surface area contributed by atoms with Gasteiger partial charge in [0.05, 0.1) is 6.61 Å². The van der Waals surface area contributed by atoms with E-state index < -0.39 is 0 Å². The second kappa shape index (κ2) is 8.56. The van der Waals surface area contributed by atoms with Crippen LogP contribution in [0.1, 0.15) is 25.0 Å². The van der Waals surface area contributed by atoms with Crippen molar-refractivity contribution in [1.82, 2.24) is 5.32 Å². The lowest BCUT2D eigenvalue weighted by molar-refractivity contribution is 0.184. The number of benzene rings is 1. The highest BCUT2D eigenvalue weighted by molar-refractivity contribution is 7.99. The molecule has 0 aliphatic heterocycles. The van der Waals surface area contributed by atoms with Crippen LogP contribution >= 0.6 is 11.8 Å². The fraction of sp³-hybridized carbons (Fsp3) is 0.571. The molecule has 1 rings (SSSR count). The first-order chi connectivity index (χ1) is 8.27. The van der Waals surface area contributed by atoms with Gasteiger partial charge in [-0.25, -0.2) is 0 Å². The summed E-state index contributed by atoms with van der Waals surface area (Å²) in [6.07, 6.45) is 0. The minimum atomic E-state index is 0.551. The van der Waals surface area contributed by atoms with Gasteiger partial charge in [0, 0.05) is 25.4 Å². The second-order valence-corrected chi connectivity index (χ2v) is 5.46. The highest BCUT2D eigenvalue weighted by Crippen LogP contribution is 2.10. The van der Waals surface area contributed by atoms with Crippen LogP contribution in [0.15, 0.2) is 24.3 Å². The first-order valence-electron chi connectivity index (χ1n) is 6.14. The Morgan fingerprint density at radius 3 is 2.65 bits per heavy atom. The van der Waals surface area contributed by atoms with Gasteiger partial charge in [0.1, 0.15) is 0 Å². The summed E-state index contributed by atoms with van der Waals surface area (Å²) in [5, 5.41) is 3.56. The van der Waals surface area contributed by atoms with Crippen molar-refractivity contribution in [3.05, 3.63) is 35.4 Å². The van der Waals surface area contributed by atoms with E-state index in [0.717, 1.165) is 6.54 Å². The van der Waals surface area contributed by atoms with Gasteiger partial charge in [-0.05, 0) is 23.8 Å². The molecule has 3 heteroatoms. The molecule has 0 aromatic heterocycles. The van der Waals surface area contributed by atoms with Gasteiger partial charge < -0.3 is 10.1 Å². The Morgan fingerprint density at radius 2 is 2.00 bits per heavy atom. The maximum absolute atomic E-state index is 5.21. The summed E-state index contributed by atoms with van der Waals surface area (Å²) in [4.78, 5) is 0. The molecule has 0 aliphatic rings. The Labute approximate surface area is 109 Å². The molecule has 2 nitrogen and oxygen atoms in total. The lowest BCUT2D eigenvalue weighted by Gasteiger charge is -2.15. The third-order valence-electron chi connectivity index (χ3n) is 2.63. The van der Waals surface area contributed by atoms with E-state index in [-0.39, 0.29) is 0 Å². The first kappa shape index (κ1) is 14.6. The van der Waals surface area contributed by atoms with Crippen LogP contribution in [0.25, 0.3) is 0 Å². The molecule has 0 amide bonds. The van der Waals surface area contributed by atoms with Crippen molar-refractivity contribution in [2.75, 3.05) is 18.6 Å². The van der Waals surface area contributed by atoms with Crippen LogP contribution in [0.4, 0.5) is 0 Å². The molecule has 17 heavy (non-hydrogen) atoms. The molecule has 96 valence electrons. The predicted molar refractivity (Wildman–Crippen MR) is 76.5 cm³/mol. The molecular weight excluding hydrogens is 230 g/mol. The smallest absolute Gasteiger partial charge is 0.0716 e. The fourth-order valence-corrected chi connectivity index (χ4v) is 2.37. The van der Waals surface area contributed by atoms with Crippen LogP contribution in [0.3, 0.4) is 0 Å². The number of thioether (sulfide) groups is 1. The molecule has 1 atom stereocenters. The van der Waals surface area contributed by atoms with Crippen molar-refractivity contribution in [2.45, 2.75) is 33.0 Å². The maximum Gasteiger partial charge on any atom is 0.0716 e.